The molecule has 0 aromatic heterocycles. The van der Waals surface area contributed by atoms with Crippen LogP contribution in [0.3, 0.4) is 0 Å². The molecular formula is C23H26F2N2O2. The van der Waals surface area contributed by atoms with E-state index in [0.29, 0.717) is 29.7 Å². The van der Waals surface area contributed by atoms with Gasteiger partial charge in [-0.3, -0.25) is 9.69 Å². The number of fused-ring (bicyclic) bond motifs is 2. The molecule has 2 fully saturated rings. The molecule has 4 rings (SSSR count). The number of amides is 1. The zero-order valence-corrected chi connectivity index (χ0v) is 16.5. The Labute approximate surface area is 169 Å². The van der Waals surface area contributed by atoms with E-state index in [1.165, 1.54) is 12.1 Å². The molecule has 4 atom stereocenters. The molecule has 4 nitrogen and oxygen atoms in total. The third kappa shape index (κ3) is 4.58. The molecule has 2 aromatic rings. The van der Waals surface area contributed by atoms with E-state index in [9.17, 15) is 13.6 Å². The van der Waals surface area contributed by atoms with Crippen molar-refractivity contribution in [2.24, 2.45) is 11.8 Å². The normalized spacial score (nSPS) is 24.9. The van der Waals surface area contributed by atoms with E-state index < -0.39 is 17.7 Å². The molecule has 1 heterocycles. The predicted molar refractivity (Wildman–Crippen MR) is 106 cm³/mol. The number of nitrogens with zero attached hydrogens (tertiary/aromatic N) is 1. The van der Waals surface area contributed by atoms with E-state index >= 15 is 0 Å². The first-order chi connectivity index (χ1) is 14.0. The largest absolute Gasteiger partial charge is 0.481 e. The van der Waals surface area contributed by atoms with Crippen molar-refractivity contribution in [1.29, 1.82) is 0 Å². The van der Waals surface area contributed by atoms with Crippen LogP contribution in [0.2, 0.25) is 0 Å². The molecule has 2 aliphatic rings. The first-order valence-electron chi connectivity index (χ1n) is 10.2. The van der Waals surface area contributed by atoms with Crippen molar-refractivity contribution in [2.75, 3.05) is 13.1 Å². The molecule has 29 heavy (non-hydrogen) atoms. The highest BCUT2D eigenvalue weighted by atomic mass is 19.1. The number of ether oxygens (including phenoxy) is 1. The van der Waals surface area contributed by atoms with E-state index in [1.54, 1.807) is 6.92 Å². The number of para-hydroxylation sites is 1. The minimum Gasteiger partial charge on any atom is -0.481 e. The number of benzene rings is 2. The summed E-state index contributed by atoms with van der Waals surface area (Å²) in [7, 11) is 0. The van der Waals surface area contributed by atoms with Crippen molar-refractivity contribution in [3.05, 3.63) is 65.7 Å². The van der Waals surface area contributed by atoms with E-state index in [0.717, 1.165) is 32.0 Å². The molecule has 2 aromatic carbocycles. The Hall–Kier alpha value is -2.47. The maximum Gasteiger partial charge on any atom is 0.261 e. The smallest absolute Gasteiger partial charge is 0.261 e. The monoisotopic (exact) mass is 400 g/mol. The third-order valence-corrected chi connectivity index (χ3v) is 6.05. The van der Waals surface area contributed by atoms with E-state index in [-0.39, 0.29) is 11.9 Å². The molecule has 1 aliphatic heterocycles. The first-order valence-corrected chi connectivity index (χ1v) is 10.2. The van der Waals surface area contributed by atoms with Crippen LogP contribution in [0.5, 0.6) is 5.75 Å². The minimum absolute atomic E-state index is 0.103. The summed E-state index contributed by atoms with van der Waals surface area (Å²) in [5, 5.41) is 3.19. The summed E-state index contributed by atoms with van der Waals surface area (Å²) in [4.78, 5) is 14.9. The Morgan fingerprint density at radius 2 is 1.83 bits per heavy atom. The zero-order valence-electron chi connectivity index (χ0n) is 16.5. The second-order valence-corrected chi connectivity index (χ2v) is 8.13. The maximum absolute atomic E-state index is 14.0. The van der Waals surface area contributed by atoms with Gasteiger partial charge in [0.05, 0.1) is 0 Å². The Balaban J connectivity index is 1.33. The van der Waals surface area contributed by atoms with Crippen LogP contribution < -0.4 is 10.1 Å². The highest BCUT2D eigenvalue weighted by Crippen LogP contribution is 2.37. The highest BCUT2D eigenvalue weighted by molar-refractivity contribution is 5.81. The van der Waals surface area contributed by atoms with Crippen LogP contribution >= 0.6 is 0 Å². The van der Waals surface area contributed by atoms with Gasteiger partial charge in [0, 0.05) is 37.3 Å². The summed E-state index contributed by atoms with van der Waals surface area (Å²) in [6.45, 7) is 3.82. The van der Waals surface area contributed by atoms with Crippen LogP contribution in [-0.4, -0.2) is 36.0 Å². The summed E-state index contributed by atoms with van der Waals surface area (Å²) in [6, 6.07) is 13.2. The number of piperidine rings is 1. The molecule has 1 saturated heterocycles. The van der Waals surface area contributed by atoms with Crippen molar-refractivity contribution in [3.8, 4) is 5.75 Å². The van der Waals surface area contributed by atoms with Crippen molar-refractivity contribution in [1.82, 2.24) is 10.2 Å². The van der Waals surface area contributed by atoms with Gasteiger partial charge in [-0.1, -0.05) is 24.3 Å². The van der Waals surface area contributed by atoms with E-state index in [2.05, 4.69) is 10.2 Å². The quantitative estimate of drug-likeness (QED) is 0.803. The molecule has 2 bridgehead atoms. The van der Waals surface area contributed by atoms with Crippen molar-refractivity contribution >= 4 is 5.91 Å². The molecule has 1 N–H and O–H groups in total. The summed E-state index contributed by atoms with van der Waals surface area (Å²) in [5.74, 6) is 0.192. The average molecular weight is 400 g/mol. The summed E-state index contributed by atoms with van der Waals surface area (Å²) >= 11 is 0. The standard InChI is InChI=1S/C23H26F2N2O2/c1-15(29-20-5-3-2-4-6-20)23(28)26-22-17-7-8-18(22)14-27(13-17)12-16-9-10-19(24)11-21(16)25/h2-6,9-11,15,17-18,22H,7-8,12-14H2,1H3,(H,26,28)/t15?,17-,18+,22?. The van der Waals surface area contributed by atoms with Gasteiger partial charge in [0.25, 0.3) is 5.91 Å². The van der Waals surface area contributed by atoms with Crippen LogP contribution in [0, 0.1) is 23.5 Å². The number of hydrogen-bond donors (Lipinski definition) is 1. The van der Waals surface area contributed by atoms with Crippen LogP contribution in [0.25, 0.3) is 0 Å². The van der Waals surface area contributed by atoms with Crippen LogP contribution in [0.4, 0.5) is 8.78 Å². The average Bonchev–Trinajstić information content (AvgIpc) is 2.93. The maximum atomic E-state index is 14.0. The predicted octanol–water partition coefficient (Wildman–Crippen LogP) is 3.76. The number of rotatable bonds is 6. The van der Waals surface area contributed by atoms with Gasteiger partial charge in [-0.05, 0) is 49.8 Å². The van der Waals surface area contributed by atoms with Crippen molar-refractivity contribution in [3.63, 3.8) is 0 Å². The number of halogens is 2. The second-order valence-electron chi connectivity index (χ2n) is 8.13. The Bertz CT molecular complexity index is 847. The number of hydrogen-bond acceptors (Lipinski definition) is 3. The van der Waals surface area contributed by atoms with Gasteiger partial charge in [-0.25, -0.2) is 8.78 Å². The fraction of sp³-hybridized carbons (Fsp3) is 0.435. The van der Waals surface area contributed by atoms with Gasteiger partial charge in [0.15, 0.2) is 6.10 Å². The minimum atomic E-state index is -0.567. The van der Waals surface area contributed by atoms with E-state index in [1.807, 2.05) is 30.3 Å². The fourth-order valence-corrected chi connectivity index (χ4v) is 4.61. The number of nitrogens with one attached hydrogen (secondary N) is 1. The Kier molecular flexibility index (Phi) is 5.81. The van der Waals surface area contributed by atoms with Crippen molar-refractivity contribution in [2.45, 2.75) is 38.5 Å². The summed E-state index contributed by atoms with van der Waals surface area (Å²) in [6.07, 6.45) is 1.53. The molecule has 1 aliphatic carbocycles. The zero-order chi connectivity index (χ0) is 20.4. The summed E-state index contributed by atoms with van der Waals surface area (Å²) < 4.78 is 32.9. The number of carbonyl (C=O) groups is 1. The molecule has 1 saturated carbocycles. The Morgan fingerprint density at radius 1 is 1.14 bits per heavy atom. The molecular weight excluding hydrogens is 374 g/mol. The molecule has 154 valence electrons. The lowest BCUT2D eigenvalue weighted by molar-refractivity contribution is -0.129. The molecule has 0 spiro atoms. The van der Waals surface area contributed by atoms with Gasteiger partial charge in [-0.2, -0.15) is 0 Å². The molecule has 1 amide bonds. The Morgan fingerprint density at radius 3 is 2.48 bits per heavy atom. The highest BCUT2D eigenvalue weighted by Gasteiger charge is 2.43. The first kappa shape index (κ1) is 19.8. The third-order valence-electron chi connectivity index (χ3n) is 6.05. The topological polar surface area (TPSA) is 41.6 Å². The lowest BCUT2D eigenvalue weighted by Gasteiger charge is -2.38. The SMILES string of the molecule is CC(Oc1ccccc1)C(=O)NC1[C@@H]2CC[C@H]1CN(Cc1ccc(F)cc1F)C2. The van der Waals surface area contributed by atoms with Gasteiger partial charge in [-0.15, -0.1) is 0 Å². The van der Waals surface area contributed by atoms with Gasteiger partial charge in [0.1, 0.15) is 17.4 Å². The molecule has 6 heteroatoms. The lowest BCUT2D eigenvalue weighted by Crippen LogP contribution is -2.54. The molecule has 0 radical (unpaired) electrons. The van der Waals surface area contributed by atoms with Crippen LogP contribution in [0.15, 0.2) is 48.5 Å². The van der Waals surface area contributed by atoms with Gasteiger partial charge >= 0.3 is 0 Å². The molecule has 2 unspecified atom stereocenters. The van der Waals surface area contributed by atoms with Crippen LogP contribution in [-0.2, 0) is 11.3 Å². The number of carbonyl (C=O) groups excluding carboxylic acids is 1. The summed E-state index contributed by atoms with van der Waals surface area (Å²) in [5.41, 5.74) is 0.512. The van der Waals surface area contributed by atoms with Gasteiger partial charge in [0.2, 0.25) is 0 Å². The van der Waals surface area contributed by atoms with Crippen molar-refractivity contribution < 1.29 is 18.3 Å². The lowest BCUT2D eigenvalue weighted by atomic mass is 9.91. The van der Waals surface area contributed by atoms with Crippen LogP contribution in [0.1, 0.15) is 25.3 Å². The second kappa shape index (κ2) is 8.49. The van der Waals surface area contributed by atoms with Gasteiger partial charge < -0.3 is 10.1 Å². The van der Waals surface area contributed by atoms with E-state index in [4.69, 9.17) is 4.74 Å². The fourth-order valence-electron chi connectivity index (χ4n) is 4.61. The number of likely N-dealkylation sites (tertiary alicyclic amines) is 1.